The monoisotopic (exact) mass is 684 g/mol. The number of fused-ring (bicyclic) bond motifs is 2. The van der Waals surface area contributed by atoms with Crippen LogP contribution in [0.25, 0.3) is 0 Å². The predicted octanol–water partition coefficient (Wildman–Crippen LogP) is 3.48. The van der Waals surface area contributed by atoms with E-state index in [1.54, 1.807) is 26.0 Å². The number of rotatable bonds is 9. The molecule has 0 saturated carbocycles. The highest BCUT2D eigenvalue weighted by Gasteiger charge is 2.30. The zero-order valence-corrected chi connectivity index (χ0v) is 27.9. The zero-order valence-electron chi connectivity index (χ0n) is 27.1. The number of amides is 2. The van der Waals surface area contributed by atoms with Crippen LogP contribution in [0, 0.1) is 16.7 Å². The number of aliphatic hydroxyl groups excluding tert-OH is 1. The van der Waals surface area contributed by atoms with Gasteiger partial charge in [-0.05, 0) is 49.4 Å². The van der Waals surface area contributed by atoms with E-state index in [0.29, 0.717) is 5.57 Å². The summed E-state index contributed by atoms with van der Waals surface area (Å²) < 4.78 is 51.7. The summed E-state index contributed by atoms with van der Waals surface area (Å²) in [6.45, 7) is 6.04. The number of carbonyl (C=O) groups is 2. The number of carbonyl (C=O) groups excluding carboxylic acids is 2. The van der Waals surface area contributed by atoms with Gasteiger partial charge in [-0.15, -0.1) is 4.91 Å². The van der Waals surface area contributed by atoms with Crippen molar-refractivity contribution < 1.29 is 51.2 Å². The molecule has 1 aliphatic rings. The molecule has 0 aliphatic carbocycles. The number of aromatic hydroxyl groups is 1. The maximum atomic E-state index is 13.1. The highest BCUT2D eigenvalue weighted by atomic mass is 32.3. The van der Waals surface area contributed by atoms with E-state index in [9.17, 15) is 33.1 Å². The van der Waals surface area contributed by atoms with Crippen LogP contribution in [0.15, 0.2) is 46.7 Å². The Hall–Kier alpha value is -3.87. The first-order valence-electron chi connectivity index (χ1n) is 14.6. The van der Waals surface area contributed by atoms with E-state index in [1.165, 1.54) is 33.3 Å². The molecule has 1 heterocycles. The van der Waals surface area contributed by atoms with Crippen molar-refractivity contribution in [2.45, 2.75) is 65.0 Å². The fourth-order valence-electron chi connectivity index (χ4n) is 5.20. The van der Waals surface area contributed by atoms with Gasteiger partial charge in [-0.3, -0.25) is 9.35 Å². The lowest BCUT2D eigenvalue weighted by molar-refractivity contribution is -0.112. The van der Waals surface area contributed by atoms with Crippen LogP contribution in [-0.4, -0.2) is 87.0 Å². The number of nitrogens with zero attached hydrogens (tertiary/aromatic N) is 1. The molecule has 6 atom stereocenters. The molecule has 1 aromatic rings. The number of ether oxygens (including phenoxy) is 3. The Morgan fingerprint density at radius 2 is 1.89 bits per heavy atom. The lowest BCUT2D eigenvalue weighted by Gasteiger charge is -2.29. The van der Waals surface area contributed by atoms with E-state index >= 15 is 0 Å². The number of nitrogens with one attached hydrogen (secondary N) is 2. The van der Waals surface area contributed by atoms with E-state index in [-0.39, 0.29) is 59.3 Å². The fourth-order valence-corrected chi connectivity index (χ4v) is 5.50. The van der Waals surface area contributed by atoms with E-state index in [4.69, 9.17) is 24.5 Å². The van der Waals surface area contributed by atoms with Crippen LogP contribution >= 0.6 is 0 Å². The van der Waals surface area contributed by atoms with Crippen LogP contribution < -0.4 is 16.4 Å². The highest BCUT2D eigenvalue weighted by Crippen LogP contribution is 2.43. The molecule has 47 heavy (non-hydrogen) atoms. The van der Waals surface area contributed by atoms with Gasteiger partial charge in [-0.25, -0.2) is 8.98 Å². The van der Waals surface area contributed by atoms with Crippen molar-refractivity contribution in [2.24, 2.45) is 22.7 Å². The van der Waals surface area contributed by atoms with Gasteiger partial charge in [0.25, 0.3) is 5.91 Å². The van der Waals surface area contributed by atoms with Gasteiger partial charge in [-0.2, -0.15) is 8.42 Å². The summed E-state index contributed by atoms with van der Waals surface area (Å²) in [6, 6.07) is 1.15. The first-order valence-corrected chi connectivity index (χ1v) is 16.0. The molecule has 0 fully saturated rings. The number of nitroso groups, excluding NO2 is 1. The largest absolute Gasteiger partial charge is 0.505 e. The number of aliphatic hydroxyl groups is 1. The smallest absolute Gasteiger partial charge is 0.405 e. The molecule has 7 N–H and O–H groups in total. The van der Waals surface area contributed by atoms with Gasteiger partial charge in [0.2, 0.25) is 0 Å². The van der Waals surface area contributed by atoms with Gasteiger partial charge in [0.1, 0.15) is 17.5 Å². The summed E-state index contributed by atoms with van der Waals surface area (Å²) in [5.41, 5.74) is 5.95. The normalized spacial score (nSPS) is 27.8. The molecule has 0 unspecified atom stereocenters. The highest BCUT2D eigenvalue weighted by molar-refractivity contribution is 7.80. The summed E-state index contributed by atoms with van der Waals surface area (Å²) in [5, 5.41) is 31.1. The third-order valence-corrected chi connectivity index (χ3v) is 8.03. The molecule has 262 valence electrons. The van der Waals surface area contributed by atoms with Gasteiger partial charge in [0, 0.05) is 37.8 Å². The van der Waals surface area contributed by atoms with Crippen LogP contribution in [0.4, 0.5) is 21.9 Å². The molecule has 0 radical (unpaired) electrons. The van der Waals surface area contributed by atoms with Gasteiger partial charge >= 0.3 is 16.5 Å². The number of nitrogens with two attached hydrogens (primary N) is 1. The number of allylic oxidation sites excluding steroid dienone is 2. The third kappa shape index (κ3) is 11.7. The molecule has 1 aliphatic heterocycles. The quantitative estimate of drug-likeness (QED) is 0.0718. The summed E-state index contributed by atoms with van der Waals surface area (Å²) in [7, 11) is -1.89. The van der Waals surface area contributed by atoms with Gasteiger partial charge < -0.3 is 40.8 Å². The minimum atomic E-state index is -4.72. The van der Waals surface area contributed by atoms with Crippen LogP contribution in [-0.2, 0) is 40.0 Å². The zero-order chi connectivity index (χ0) is 35.5. The number of phenols is 1. The van der Waals surface area contributed by atoms with Crippen molar-refractivity contribution in [1.29, 1.82) is 0 Å². The van der Waals surface area contributed by atoms with Crippen molar-refractivity contribution in [1.82, 2.24) is 0 Å². The van der Waals surface area contributed by atoms with Crippen LogP contribution in [0.5, 0.6) is 5.75 Å². The number of primary amides is 1. The molecule has 0 saturated heterocycles. The molecule has 1 aromatic carbocycles. The second kappa shape index (κ2) is 17.9. The Balaban J connectivity index is 2.68. The molecular formula is C30H44N4O12S. The first kappa shape index (κ1) is 39.3. The molecule has 2 rings (SSSR count). The van der Waals surface area contributed by atoms with E-state index in [2.05, 4.69) is 20.0 Å². The van der Waals surface area contributed by atoms with Crippen molar-refractivity contribution in [3.05, 3.63) is 52.0 Å². The SMILES string of the molecule is CO[C@H]1/C=C\C=C(/C)C(=O)Nc2cc(N=O)c(NCCOS(=O)(=O)O)c(c2O)C[C@@H](C)C[C@H](OC)[C@H](O)[C@@H](C)/C=C(\C)[C@@H]1OC(N)=O. The average Bonchev–Trinajstić information content (AvgIpc) is 3.00. The second-order valence-electron chi connectivity index (χ2n) is 11.2. The van der Waals surface area contributed by atoms with Gasteiger partial charge in [-0.1, -0.05) is 38.2 Å². The Morgan fingerprint density at radius 3 is 2.47 bits per heavy atom. The third-order valence-electron chi connectivity index (χ3n) is 7.57. The molecule has 0 aromatic heterocycles. The lowest BCUT2D eigenvalue weighted by atomic mass is 9.87. The summed E-state index contributed by atoms with van der Waals surface area (Å²) in [5.74, 6) is -1.85. The maximum absolute atomic E-state index is 13.1. The first-order chi connectivity index (χ1) is 22.0. The predicted molar refractivity (Wildman–Crippen MR) is 174 cm³/mol. The molecule has 16 nitrogen and oxygen atoms in total. The Kier molecular flexibility index (Phi) is 15.0. The molecular weight excluding hydrogens is 640 g/mol. The topological polar surface area (TPSA) is 245 Å². The number of phenolic OH excluding ortho intramolecular Hbond substituents is 1. The Morgan fingerprint density at radius 1 is 1.21 bits per heavy atom. The van der Waals surface area contributed by atoms with Crippen LogP contribution in [0.3, 0.4) is 0 Å². The van der Waals surface area contributed by atoms with E-state index < -0.39 is 59.3 Å². The Bertz CT molecular complexity index is 1480. The summed E-state index contributed by atoms with van der Waals surface area (Å²) >= 11 is 0. The summed E-state index contributed by atoms with van der Waals surface area (Å²) in [6.07, 6.45) is 1.97. The van der Waals surface area contributed by atoms with Crippen molar-refractivity contribution in [2.75, 3.05) is 38.0 Å². The van der Waals surface area contributed by atoms with Gasteiger partial charge in [0.05, 0.1) is 30.2 Å². The Labute approximate surface area is 273 Å². The van der Waals surface area contributed by atoms with Gasteiger partial charge in [0.15, 0.2) is 6.10 Å². The molecule has 2 bridgehead atoms. The molecule has 17 heteroatoms. The van der Waals surface area contributed by atoms with E-state index in [0.717, 1.165) is 6.07 Å². The molecule has 2 amide bonds. The fraction of sp³-hybridized carbons (Fsp3) is 0.533. The number of hydrogen-bond donors (Lipinski definition) is 6. The lowest BCUT2D eigenvalue weighted by Crippen LogP contribution is -2.37. The number of methoxy groups -OCH3 is 2. The second-order valence-corrected chi connectivity index (χ2v) is 12.3. The maximum Gasteiger partial charge on any atom is 0.405 e. The summed E-state index contributed by atoms with van der Waals surface area (Å²) in [4.78, 5) is 36.8. The minimum absolute atomic E-state index is 0.0508. The number of anilines is 2. The standard InChI is InChI=1S/C30H44N4O12S/c1-16-12-20-25(32-10-11-45-47(40,41)42)21(34-39)15-22(27(20)36)33-29(37)17(2)8-7-9-23(43-5)28(46-30(31)38)19(4)14-18(3)26(35)24(13-16)44-6/h7-9,14-16,18,23-24,26,28,32,35-36H,10-13H2,1-6H3,(H2,31,38)(H,33,37)(H,40,41,42)/b9-7-,17-8+,19-14+/t16-,18+,23+,24+,26-,28+/m1/s1. The molecule has 0 spiro atoms. The van der Waals surface area contributed by atoms with Crippen molar-refractivity contribution >= 4 is 39.5 Å². The van der Waals surface area contributed by atoms with Crippen molar-refractivity contribution in [3.8, 4) is 5.75 Å². The number of hydrogen-bond acceptors (Lipinski definition) is 13. The number of benzene rings is 1. The van der Waals surface area contributed by atoms with Crippen molar-refractivity contribution in [3.63, 3.8) is 0 Å². The van der Waals surface area contributed by atoms with Crippen LogP contribution in [0.1, 0.15) is 39.7 Å². The minimum Gasteiger partial charge on any atom is -0.505 e. The van der Waals surface area contributed by atoms with Crippen LogP contribution in [0.2, 0.25) is 0 Å². The average molecular weight is 685 g/mol. The van der Waals surface area contributed by atoms with E-state index in [1.807, 2.05) is 6.92 Å².